The minimum Gasteiger partial charge on any atom is -0.313 e. The van der Waals surface area contributed by atoms with Crippen LogP contribution < -0.4 is 5.32 Å². The monoisotopic (exact) mass is 270 g/mol. The van der Waals surface area contributed by atoms with Crippen molar-refractivity contribution in [3.63, 3.8) is 0 Å². The van der Waals surface area contributed by atoms with Crippen LogP contribution in [-0.2, 0) is 6.54 Å². The lowest BCUT2D eigenvalue weighted by Gasteiger charge is -2.09. The van der Waals surface area contributed by atoms with E-state index >= 15 is 0 Å². The third kappa shape index (κ3) is 5.92. The zero-order valence-electron chi connectivity index (χ0n) is 9.46. The van der Waals surface area contributed by atoms with Crippen molar-refractivity contribution in [3.05, 3.63) is 34.3 Å². The highest BCUT2D eigenvalue weighted by molar-refractivity contribution is 9.10. The molecule has 15 heavy (non-hydrogen) atoms. The fraction of sp³-hybridized carbons (Fsp3) is 0.500. The highest BCUT2D eigenvalue weighted by Crippen LogP contribution is 2.11. The molecule has 0 saturated carbocycles. The molecule has 0 bridgehead atoms. The fourth-order valence-corrected chi connectivity index (χ4v) is 1.85. The minimum absolute atomic E-state index is 0.951. The molecule has 0 aliphatic carbocycles. The Morgan fingerprint density at radius 2 is 2.13 bits per heavy atom. The summed E-state index contributed by atoms with van der Waals surface area (Å²) in [4.78, 5) is 2.21. The van der Waals surface area contributed by atoms with E-state index in [4.69, 9.17) is 0 Å². The molecule has 84 valence electrons. The van der Waals surface area contributed by atoms with Crippen molar-refractivity contribution in [1.29, 1.82) is 0 Å². The van der Waals surface area contributed by atoms with Crippen molar-refractivity contribution in [2.45, 2.75) is 13.0 Å². The number of benzene rings is 1. The lowest BCUT2D eigenvalue weighted by molar-refractivity contribution is 0.394. The molecule has 1 rings (SSSR count). The van der Waals surface area contributed by atoms with Crippen LogP contribution in [0.5, 0.6) is 0 Å². The number of nitrogens with one attached hydrogen (secondary N) is 1. The normalized spacial score (nSPS) is 10.9. The molecule has 1 N–H and O–H groups in total. The Kier molecular flexibility index (Phi) is 5.91. The first kappa shape index (κ1) is 12.7. The Hall–Kier alpha value is -0.380. The van der Waals surface area contributed by atoms with Crippen LogP contribution in [0.3, 0.4) is 0 Å². The van der Waals surface area contributed by atoms with E-state index in [0.717, 1.165) is 24.1 Å². The van der Waals surface area contributed by atoms with Crippen LogP contribution in [0.15, 0.2) is 28.7 Å². The van der Waals surface area contributed by atoms with E-state index in [0.29, 0.717) is 0 Å². The maximum atomic E-state index is 3.47. The van der Waals surface area contributed by atoms with Gasteiger partial charge in [0.25, 0.3) is 0 Å². The second kappa shape index (κ2) is 6.99. The van der Waals surface area contributed by atoms with E-state index in [1.165, 1.54) is 12.0 Å². The first-order valence-electron chi connectivity index (χ1n) is 5.28. The fourth-order valence-electron chi connectivity index (χ4n) is 1.40. The van der Waals surface area contributed by atoms with Crippen molar-refractivity contribution in [3.8, 4) is 0 Å². The molecule has 0 amide bonds. The SMILES string of the molecule is CN(C)CCCNCc1cccc(Br)c1. The summed E-state index contributed by atoms with van der Waals surface area (Å²) in [6.45, 7) is 3.17. The van der Waals surface area contributed by atoms with Crippen LogP contribution in [0, 0.1) is 0 Å². The Morgan fingerprint density at radius 3 is 2.80 bits per heavy atom. The molecule has 1 aromatic carbocycles. The number of rotatable bonds is 6. The van der Waals surface area contributed by atoms with Gasteiger partial charge in [-0.3, -0.25) is 0 Å². The maximum Gasteiger partial charge on any atom is 0.0205 e. The molecular weight excluding hydrogens is 252 g/mol. The van der Waals surface area contributed by atoms with E-state index in [2.05, 4.69) is 64.5 Å². The summed E-state index contributed by atoms with van der Waals surface area (Å²) in [6, 6.07) is 8.42. The van der Waals surface area contributed by atoms with E-state index in [1.54, 1.807) is 0 Å². The molecule has 2 nitrogen and oxygen atoms in total. The summed E-state index contributed by atoms with van der Waals surface area (Å²) >= 11 is 3.47. The molecule has 0 aliphatic heterocycles. The van der Waals surface area contributed by atoms with Gasteiger partial charge in [-0.25, -0.2) is 0 Å². The van der Waals surface area contributed by atoms with Crippen molar-refractivity contribution < 1.29 is 0 Å². The van der Waals surface area contributed by atoms with Gasteiger partial charge in [-0.2, -0.15) is 0 Å². The van der Waals surface area contributed by atoms with Gasteiger partial charge < -0.3 is 10.2 Å². The van der Waals surface area contributed by atoms with Crippen LogP contribution >= 0.6 is 15.9 Å². The molecule has 0 unspecified atom stereocenters. The smallest absolute Gasteiger partial charge is 0.0205 e. The van der Waals surface area contributed by atoms with Crippen LogP contribution in [-0.4, -0.2) is 32.1 Å². The van der Waals surface area contributed by atoms with Crippen LogP contribution in [0.4, 0.5) is 0 Å². The van der Waals surface area contributed by atoms with Crippen molar-refractivity contribution >= 4 is 15.9 Å². The maximum absolute atomic E-state index is 3.47. The van der Waals surface area contributed by atoms with Gasteiger partial charge in [0.15, 0.2) is 0 Å². The van der Waals surface area contributed by atoms with Crippen LogP contribution in [0.25, 0.3) is 0 Å². The van der Waals surface area contributed by atoms with Gasteiger partial charge in [0.05, 0.1) is 0 Å². The molecule has 0 fully saturated rings. The van der Waals surface area contributed by atoms with Gasteiger partial charge in [0.1, 0.15) is 0 Å². The summed E-state index contributed by atoms with van der Waals surface area (Å²) < 4.78 is 1.15. The number of hydrogen-bond donors (Lipinski definition) is 1. The first-order valence-corrected chi connectivity index (χ1v) is 6.07. The second-order valence-electron chi connectivity index (χ2n) is 3.96. The van der Waals surface area contributed by atoms with Gasteiger partial charge >= 0.3 is 0 Å². The average Bonchev–Trinajstić information content (AvgIpc) is 2.17. The number of nitrogens with zero attached hydrogens (tertiary/aromatic N) is 1. The zero-order chi connectivity index (χ0) is 11.1. The van der Waals surface area contributed by atoms with E-state index in [-0.39, 0.29) is 0 Å². The van der Waals surface area contributed by atoms with Crippen molar-refractivity contribution in [2.75, 3.05) is 27.2 Å². The second-order valence-corrected chi connectivity index (χ2v) is 4.88. The zero-order valence-corrected chi connectivity index (χ0v) is 11.0. The van der Waals surface area contributed by atoms with Crippen molar-refractivity contribution in [2.24, 2.45) is 0 Å². The first-order chi connectivity index (χ1) is 7.18. The van der Waals surface area contributed by atoms with Gasteiger partial charge in [-0.05, 0) is 51.3 Å². The van der Waals surface area contributed by atoms with Gasteiger partial charge in [-0.1, -0.05) is 28.1 Å². The molecule has 0 saturated heterocycles. The predicted octanol–water partition coefficient (Wildman–Crippen LogP) is 2.49. The predicted molar refractivity (Wildman–Crippen MR) is 69.0 cm³/mol. The van der Waals surface area contributed by atoms with Gasteiger partial charge in [-0.15, -0.1) is 0 Å². The summed E-state index contributed by atoms with van der Waals surface area (Å²) in [5.41, 5.74) is 1.33. The van der Waals surface area contributed by atoms with Gasteiger partial charge in [0, 0.05) is 11.0 Å². The molecule has 0 atom stereocenters. The third-order valence-electron chi connectivity index (χ3n) is 2.18. The summed E-state index contributed by atoms with van der Waals surface area (Å²) in [5, 5.41) is 3.44. The third-order valence-corrected chi connectivity index (χ3v) is 2.67. The molecule has 0 spiro atoms. The highest BCUT2D eigenvalue weighted by atomic mass is 79.9. The van der Waals surface area contributed by atoms with E-state index in [1.807, 2.05) is 0 Å². The molecule has 0 aromatic heterocycles. The molecule has 1 aromatic rings. The molecule has 0 heterocycles. The number of halogens is 1. The summed E-state index contributed by atoms with van der Waals surface area (Å²) in [7, 11) is 4.21. The van der Waals surface area contributed by atoms with Crippen molar-refractivity contribution in [1.82, 2.24) is 10.2 Å². The molecule has 0 radical (unpaired) electrons. The lowest BCUT2D eigenvalue weighted by Crippen LogP contribution is -2.20. The standard InChI is InChI=1S/C12H19BrN2/c1-15(2)8-4-7-14-10-11-5-3-6-12(13)9-11/h3,5-6,9,14H,4,7-8,10H2,1-2H3. The molecule has 3 heteroatoms. The Balaban J connectivity index is 2.15. The Morgan fingerprint density at radius 1 is 1.33 bits per heavy atom. The number of hydrogen-bond acceptors (Lipinski definition) is 2. The van der Waals surface area contributed by atoms with Gasteiger partial charge in [0.2, 0.25) is 0 Å². The van der Waals surface area contributed by atoms with Crippen LogP contribution in [0.1, 0.15) is 12.0 Å². The molecular formula is C12H19BrN2. The Labute approximate surface area is 101 Å². The minimum atomic E-state index is 0.951. The van der Waals surface area contributed by atoms with Crippen LogP contribution in [0.2, 0.25) is 0 Å². The lowest BCUT2D eigenvalue weighted by atomic mass is 10.2. The van der Waals surface area contributed by atoms with E-state index < -0.39 is 0 Å². The topological polar surface area (TPSA) is 15.3 Å². The largest absolute Gasteiger partial charge is 0.313 e. The van der Waals surface area contributed by atoms with E-state index in [9.17, 15) is 0 Å². The quantitative estimate of drug-likeness (QED) is 0.800. The highest BCUT2D eigenvalue weighted by Gasteiger charge is 1.94. The summed E-state index contributed by atoms with van der Waals surface area (Å²) in [5.74, 6) is 0. The summed E-state index contributed by atoms with van der Waals surface area (Å²) in [6.07, 6.45) is 1.20. The Bertz CT molecular complexity index is 287. The average molecular weight is 271 g/mol. The molecule has 0 aliphatic rings.